The van der Waals surface area contributed by atoms with Crippen molar-refractivity contribution in [1.29, 1.82) is 0 Å². The Kier molecular flexibility index (Phi) is 5.64. The molecule has 0 aromatic heterocycles. The van der Waals surface area contributed by atoms with Gasteiger partial charge in [0.2, 0.25) is 15.9 Å². The van der Waals surface area contributed by atoms with Crippen molar-refractivity contribution in [2.75, 3.05) is 5.32 Å². The van der Waals surface area contributed by atoms with E-state index in [-0.39, 0.29) is 17.3 Å². The highest BCUT2D eigenvalue weighted by Crippen LogP contribution is 2.23. The number of anilines is 1. The summed E-state index contributed by atoms with van der Waals surface area (Å²) in [5, 5.41) is 3.34. The number of amides is 1. The van der Waals surface area contributed by atoms with Crippen LogP contribution in [0.3, 0.4) is 0 Å². The third-order valence-corrected chi connectivity index (χ3v) is 5.09. The number of benzene rings is 2. The molecule has 2 rings (SSSR count). The molecule has 2 aromatic carbocycles. The zero-order valence-electron chi connectivity index (χ0n) is 12.1. The van der Waals surface area contributed by atoms with Crippen molar-refractivity contribution in [3.63, 3.8) is 0 Å². The van der Waals surface area contributed by atoms with Gasteiger partial charge in [0.25, 0.3) is 0 Å². The molecule has 5 nitrogen and oxygen atoms in total. The molecular weight excluding hydrogens is 359 g/mol. The number of halogens is 2. The lowest BCUT2D eigenvalue weighted by Crippen LogP contribution is -2.23. The quantitative estimate of drug-likeness (QED) is 0.843. The Labute approximate surface area is 144 Å². The number of rotatable bonds is 5. The maximum Gasteiger partial charge on any atom is 0.240 e. The van der Waals surface area contributed by atoms with Gasteiger partial charge in [0.05, 0.1) is 14.9 Å². The Morgan fingerprint density at radius 2 is 1.70 bits per heavy atom. The van der Waals surface area contributed by atoms with Gasteiger partial charge < -0.3 is 5.32 Å². The highest BCUT2D eigenvalue weighted by Gasteiger charge is 2.14. The van der Waals surface area contributed by atoms with Gasteiger partial charge >= 0.3 is 0 Å². The van der Waals surface area contributed by atoms with E-state index >= 15 is 0 Å². The first kappa shape index (κ1) is 17.7. The van der Waals surface area contributed by atoms with Crippen LogP contribution in [-0.4, -0.2) is 14.3 Å². The van der Waals surface area contributed by atoms with Gasteiger partial charge in [0.1, 0.15) is 0 Å². The summed E-state index contributed by atoms with van der Waals surface area (Å²) in [5.74, 6) is -0.224. The van der Waals surface area contributed by atoms with Crippen LogP contribution in [0.2, 0.25) is 10.0 Å². The van der Waals surface area contributed by atoms with Crippen molar-refractivity contribution in [3.8, 4) is 0 Å². The molecule has 8 heteroatoms. The Bertz CT molecular complexity index is 821. The molecule has 0 aliphatic heterocycles. The van der Waals surface area contributed by atoms with E-state index in [1.165, 1.54) is 31.2 Å². The lowest BCUT2D eigenvalue weighted by atomic mass is 10.2. The molecule has 1 amide bonds. The van der Waals surface area contributed by atoms with Crippen LogP contribution >= 0.6 is 23.2 Å². The predicted molar refractivity (Wildman–Crippen MR) is 91.2 cm³/mol. The number of carbonyl (C=O) groups excluding carboxylic acids is 1. The molecule has 0 radical (unpaired) electrons. The summed E-state index contributed by atoms with van der Waals surface area (Å²) in [6, 6.07) is 10.8. The van der Waals surface area contributed by atoms with Gasteiger partial charge in [-0.2, -0.15) is 0 Å². The zero-order valence-corrected chi connectivity index (χ0v) is 14.5. The molecule has 23 heavy (non-hydrogen) atoms. The smallest absolute Gasteiger partial charge is 0.240 e. The number of hydrogen-bond acceptors (Lipinski definition) is 3. The fraction of sp³-hybridized carbons (Fsp3) is 0.133. The Hall–Kier alpha value is -1.60. The van der Waals surface area contributed by atoms with Crippen molar-refractivity contribution in [3.05, 3.63) is 58.1 Å². The van der Waals surface area contributed by atoms with Crippen LogP contribution in [0.15, 0.2) is 47.4 Å². The highest BCUT2D eigenvalue weighted by molar-refractivity contribution is 7.89. The second kappa shape index (κ2) is 7.31. The van der Waals surface area contributed by atoms with E-state index in [0.29, 0.717) is 21.3 Å². The molecule has 0 aliphatic rings. The molecule has 0 spiro atoms. The van der Waals surface area contributed by atoms with Crippen molar-refractivity contribution in [2.45, 2.75) is 18.4 Å². The van der Waals surface area contributed by atoms with Gasteiger partial charge in [0.15, 0.2) is 0 Å². The largest absolute Gasteiger partial charge is 0.326 e. The fourth-order valence-electron chi connectivity index (χ4n) is 1.83. The van der Waals surface area contributed by atoms with Crippen molar-refractivity contribution < 1.29 is 13.2 Å². The first-order chi connectivity index (χ1) is 10.8. The molecule has 2 aromatic rings. The molecule has 2 N–H and O–H groups in total. The van der Waals surface area contributed by atoms with E-state index in [1.54, 1.807) is 18.2 Å². The standard InChI is InChI=1S/C15H14Cl2N2O3S/c1-10(20)19-12-3-5-13(6-4-12)23(21,22)18-9-11-2-7-14(16)15(17)8-11/h2-8,18H,9H2,1H3,(H,19,20). The van der Waals surface area contributed by atoms with Gasteiger partial charge in [-0.25, -0.2) is 13.1 Å². The predicted octanol–water partition coefficient (Wildman–Crippen LogP) is 3.43. The minimum Gasteiger partial charge on any atom is -0.326 e. The number of sulfonamides is 1. The normalized spacial score (nSPS) is 11.3. The minimum absolute atomic E-state index is 0.0899. The maximum absolute atomic E-state index is 12.2. The summed E-state index contributed by atoms with van der Waals surface area (Å²) >= 11 is 11.7. The van der Waals surface area contributed by atoms with Gasteiger partial charge in [-0.15, -0.1) is 0 Å². The molecule has 0 saturated carbocycles. The highest BCUT2D eigenvalue weighted by atomic mass is 35.5. The monoisotopic (exact) mass is 372 g/mol. The number of carbonyl (C=O) groups is 1. The molecule has 0 fully saturated rings. The van der Waals surface area contributed by atoms with Crippen LogP contribution in [0, 0.1) is 0 Å². The van der Waals surface area contributed by atoms with E-state index in [9.17, 15) is 13.2 Å². The van der Waals surface area contributed by atoms with E-state index in [1.807, 2.05) is 0 Å². The molecule has 0 heterocycles. The molecule has 0 saturated heterocycles. The van der Waals surface area contributed by atoms with Crippen LogP contribution < -0.4 is 10.0 Å². The van der Waals surface area contributed by atoms with Gasteiger partial charge in [0, 0.05) is 19.2 Å². The lowest BCUT2D eigenvalue weighted by molar-refractivity contribution is -0.114. The fourth-order valence-corrected chi connectivity index (χ4v) is 3.17. The summed E-state index contributed by atoms with van der Waals surface area (Å²) in [4.78, 5) is 11.0. The first-order valence-corrected chi connectivity index (χ1v) is 8.83. The second-order valence-corrected chi connectivity index (χ2v) is 7.36. The van der Waals surface area contributed by atoms with Crippen LogP contribution in [0.25, 0.3) is 0 Å². The molecule has 0 bridgehead atoms. The van der Waals surface area contributed by atoms with E-state index in [0.717, 1.165) is 0 Å². The Balaban J connectivity index is 2.09. The number of nitrogens with one attached hydrogen (secondary N) is 2. The molecule has 0 atom stereocenters. The van der Waals surface area contributed by atoms with Crippen LogP contribution in [0.1, 0.15) is 12.5 Å². The maximum atomic E-state index is 12.2. The van der Waals surface area contributed by atoms with Crippen molar-refractivity contribution >= 4 is 44.8 Å². The third-order valence-electron chi connectivity index (χ3n) is 2.94. The van der Waals surface area contributed by atoms with Crippen LogP contribution in [0.5, 0.6) is 0 Å². The lowest BCUT2D eigenvalue weighted by Gasteiger charge is -2.09. The summed E-state index contributed by atoms with van der Waals surface area (Å²) in [6.45, 7) is 1.47. The van der Waals surface area contributed by atoms with E-state index in [2.05, 4.69) is 10.0 Å². The number of hydrogen-bond donors (Lipinski definition) is 2. The summed E-state index contributed by atoms with van der Waals surface area (Å²) < 4.78 is 26.9. The summed E-state index contributed by atoms with van der Waals surface area (Å²) in [6.07, 6.45) is 0. The average molecular weight is 373 g/mol. The SMILES string of the molecule is CC(=O)Nc1ccc(S(=O)(=O)NCc2ccc(Cl)c(Cl)c2)cc1. The van der Waals surface area contributed by atoms with Gasteiger partial charge in [-0.3, -0.25) is 4.79 Å². The zero-order chi connectivity index (χ0) is 17.0. The third kappa shape index (κ3) is 4.94. The van der Waals surface area contributed by atoms with E-state index < -0.39 is 10.0 Å². The average Bonchev–Trinajstić information content (AvgIpc) is 2.48. The summed E-state index contributed by atoms with van der Waals surface area (Å²) in [7, 11) is -3.67. The Morgan fingerprint density at radius 1 is 1.04 bits per heavy atom. The van der Waals surface area contributed by atoms with Crippen LogP contribution in [0.4, 0.5) is 5.69 Å². The van der Waals surface area contributed by atoms with Gasteiger partial charge in [-0.1, -0.05) is 29.3 Å². The minimum atomic E-state index is -3.67. The molecule has 0 aliphatic carbocycles. The molecule has 122 valence electrons. The second-order valence-electron chi connectivity index (χ2n) is 4.78. The van der Waals surface area contributed by atoms with E-state index in [4.69, 9.17) is 23.2 Å². The Morgan fingerprint density at radius 3 is 2.26 bits per heavy atom. The van der Waals surface area contributed by atoms with Crippen molar-refractivity contribution in [2.24, 2.45) is 0 Å². The molecular formula is C15H14Cl2N2O3S. The summed E-state index contributed by atoms with van der Waals surface area (Å²) in [5.41, 5.74) is 1.22. The van der Waals surface area contributed by atoms with Crippen molar-refractivity contribution in [1.82, 2.24) is 4.72 Å². The van der Waals surface area contributed by atoms with Crippen LogP contribution in [-0.2, 0) is 21.4 Å². The molecule has 0 unspecified atom stereocenters. The first-order valence-electron chi connectivity index (χ1n) is 6.59. The van der Waals surface area contributed by atoms with Gasteiger partial charge in [-0.05, 0) is 42.0 Å². The topological polar surface area (TPSA) is 75.3 Å².